The lowest BCUT2D eigenvalue weighted by molar-refractivity contribution is -0.137. The van der Waals surface area contributed by atoms with E-state index in [0.29, 0.717) is 36.0 Å². The van der Waals surface area contributed by atoms with Gasteiger partial charge in [-0.25, -0.2) is 4.98 Å². The summed E-state index contributed by atoms with van der Waals surface area (Å²) < 4.78 is 6.75. The number of ether oxygens (including phenoxy) is 1. The number of hydrogen-bond donors (Lipinski definition) is 0. The first kappa shape index (κ1) is 16.5. The van der Waals surface area contributed by atoms with Crippen LogP contribution in [0, 0.1) is 19.8 Å². The molecule has 0 N–H and O–H groups in total. The van der Waals surface area contributed by atoms with Gasteiger partial charge in [0, 0.05) is 17.8 Å². The van der Waals surface area contributed by atoms with Crippen LogP contribution < -0.4 is 5.56 Å². The Kier molecular flexibility index (Phi) is 4.51. The Morgan fingerprint density at radius 2 is 2.13 bits per heavy atom. The average molecular weight is 352 g/mol. The summed E-state index contributed by atoms with van der Waals surface area (Å²) in [6.45, 7) is 9.17. The summed E-state index contributed by atoms with van der Waals surface area (Å²) in [6, 6.07) is 0. The molecule has 1 fully saturated rings. The van der Waals surface area contributed by atoms with Crippen molar-refractivity contribution in [3.8, 4) is 0 Å². The Labute approximate surface area is 143 Å². The molecular formula is C16H20N2O3S2. The Morgan fingerprint density at radius 3 is 2.74 bits per heavy atom. The summed E-state index contributed by atoms with van der Waals surface area (Å²) in [5.41, 5.74) is 1.01. The Balaban J connectivity index is 2.14. The molecule has 0 unspecified atom stereocenters. The molecule has 0 bridgehead atoms. The monoisotopic (exact) mass is 352 g/mol. The zero-order valence-electron chi connectivity index (χ0n) is 13.7. The Hall–Kier alpha value is -1.34. The molecule has 0 saturated carbocycles. The van der Waals surface area contributed by atoms with Crippen molar-refractivity contribution < 1.29 is 9.53 Å². The minimum absolute atomic E-state index is 0.000542. The number of fused-ring (bicyclic) bond motifs is 1. The lowest BCUT2D eigenvalue weighted by Crippen LogP contribution is -2.26. The van der Waals surface area contributed by atoms with Crippen LogP contribution in [0.15, 0.2) is 9.95 Å². The van der Waals surface area contributed by atoms with Crippen LogP contribution in [0.1, 0.15) is 30.7 Å². The summed E-state index contributed by atoms with van der Waals surface area (Å²) in [4.78, 5) is 31.3. The quantitative estimate of drug-likeness (QED) is 0.625. The van der Waals surface area contributed by atoms with E-state index in [1.165, 1.54) is 23.1 Å². The Bertz CT molecular complexity index is 823. The summed E-state index contributed by atoms with van der Waals surface area (Å²) in [5.74, 6) is 0.112. The van der Waals surface area contributed by atoms with Gasteiger partial charge in [0.25, 0.3) is 5.56 Å². The van der Waals surface area contributed by atoms with Crippen LogP contribution in [0.2, 0.25) is 0 Å². The third-order valence-electron chi connectivity index (χ3n) is 3.94. The molecule has 1 saturated heterocycles. The van der Waals surface area contributed by atoms with E-state index in [2.05, 4.69) is 13.8 Å². The number of aryl methyl sites for hydroxylation is 2. The fraction of sp³-hybridized carbons (Fsp3) is 0.562. The Morgan fingerprint density at radius 1 is 1.39 bits per heavy atom. The average Bonchev–Trinajstić information content (AvgIpc) is 2.99. The largest absolute Gasteiger partial charge is 0.465 e. The molecule has 1 atom stereocenters. The number of carbonyl (C=O) groups is 1. The SMILES string of the molecule is Cc1sc2nc(S[C@@H]3CCOC3=O)n(CC(C)C)c(=O)c2c1C. The van der Waals surface area contributed by atoms with E-state index in [-0.39, 0.29) is 16.8 Å². The van der Waals surface area contributed by atoms with Crippen LogP contribution in [-0.2, 0) is 16.1 Å². The molecule has 0 aromatic carbocycles. The van der Waals surface area contributed by atoms with Crippen molar-refractivity contribution in [1.29, 1.82) is 0 Å². The highest BCUT2D eigenvalue weighted by Crippen LogP contribution is 2.32. The van der Waals surface area contributed by atoms with Crippen molar-refractivity contribution in [3.05, 3.63) is 20.8 Å². The van der Waals surface area contributed by atoms with Crippen molar-refractivity contribution in [3.63, 3.8) is 0 Å². The maximum Gasteiger partial charge on any atom is 0.319 e. The minimum atomic E-state index is -0.264. The van der Waals surface area contributed by atoms with E-state index in [0.717, 1.165) is 15.3 Å². The fourth-order valence-corrected chi connectivity index (χ4v) is 4.78. The summed E-state index contributed by atoms with van der Waals surface area (Å²) in [5, 5.41) is 1.08. The molecule has 2 aromatic rings. The molecular weight excluding hydrogens is 332 g/mol. The highest BCUT2D eigenvalue weighted by molar-refractivity contribution is 8.00. The summed E-state index contributed by atoms with van der Waals surface area (Å²) in [6.07, 6.45) is 0.668. The first-order chi connectivity index (χ1) is 10.9. The molecule has 0 radical (unpaired) electrons. The van der Waals surface area contributed by atoms with Crippen LogP contribution in [0.4, 0.5) is 0 Å². The molecule has 0 spiro atoms. The van der Waals surface area contributed by atoms with E-state index in [9.17, 15) is 9.59 Å². The first-order valence-electron chi connectivity index (χ1n) is 7.72. The van der Waals surface area contributed by atoms with Gasteiger partial charge in [0.05, 0.1) is 12.0 Å². The third-order valence-corrected chi connectivity index (χ3v) is 6.27. The van der Waals surface area contributed by atoms with Crippen molar-refractivity contribution in [2.24, 2.45) is 5.92 Å². The van der Waals surface area contributed by atoms with Crippen molar-refractivity contribution in [1.82, 2.24) is 9.55 Å². The van der Waals surface area contributed by atoms with E-state index in [1.54, 1.807) is 4.57 Å². The summed E-state index contributed by atoms with van der Waals surface area (Å²) >= 11 is 2.90. The minimum Gasteiger partial charge on any atom is -0.465 e. The fourth-order valence-electron chi connectivity index (χ4n) is 2.64. The van der Waals surface area contributed by atoms with Crippen LogP contribution >= 0.6 is 23.1 Å². The molecule has 3 rings (SSSR count). The summed E-state index contributed by atoms with van der Waals surface area (Å²) in [7, 11) is 0. The second-order valence-corrected chi connectivity index (χ2v) is 8.60. The number of carbonyl (C=O) groups excluding carboxylic acids is 1. The molecule has 5 nitrogen and oxygen atoms in total. The predicted octanol–water partition coefficient (Wildman–Crippen LogP) is 3.14. The van der Waals surface area contributed by atoms with Gasteiger partial charge < -0.3 is 4.74 Å². The zero-order valence-corrected chi connectivity index (χ0v) is 15.3. The number of aromatic nitrogens is 2. The number of thiophene rings is 1. The lowest BCUT2D eigenvalue weighted by atomic mass is 10.2. The van der Waals surface area contributed by atoms with E-state index < -0.39 is 0 Å². The van der Waals surface area contributed by atoms with Gasteiger partial charge in [-0.15, -0.1) is 11.3 Å². The standard InChI is InChI=1S/C16H20N2O3S2/c1-8(2)7-18-14(19)12-9(3)10(4)22-13(12)17-16(18)23-11-5-6-21-15(11)20/h8,11H,5-7H2,1-4H3/t11-/m1/s1. The van der Waals surface area contributed by atoms with Gasteiger partial charge >= 0.3 is 5.97 Å². The molecule has 124 valence electrons. The normalized spacial score (nSPS) is 18.1. The third kappa shape index (κ3) is 3.04. The lowest BCUT2D eigenvalue weighted by Gasteiger charge is -2.15. The molecule has 23 heavy (non-hydrogen) atoms. The topological polar surface area (TPSA) is 61.2 Å². The zero-order chi connectivity index (χ0) is 16.7. The molecule has 1 aliphatic rings. The van der Waals surface area contributed by atoms with Crippen molar-refractivity contribution >= 4 is 39.3 Å². The maximum absolute atomic E-state index is 13.0. The number of hydrogen-bond acceptors (Lipinski definition) is 6. The second kappa shape index (κ2) is 6.28. The van der Waals surface area contributed by atoms with Gasteiger partial charge in [0.1, 0.15) is 10.1 Å². The molecule has 0 aliphatic carbocycles. The number of thioether (sulfide) groups is 1. The van der Waals surface area contributed by atoms with Crippen molar-refractivity contribution in [2.45, 2.75) is 51.1 Å². The van der Waals surface area contributed by atoms with Crippen LogP contribution in [0.25, 0.3) is 10.2 Å². The second-order valence-electron chi connectivity index (χ2n) is 6.23. The molecule has 1 aliphatic heterocycles. The van der Waals surface area contributed by atoms with Gasteiger partial charge in [0.15, 0.2) is 5.16 Å². The van der Waals surface area contributed by atoms with E-state index in [4.69, 9.17) is 9.72 Å². The van der Waals surface area contributed by atoms with Crippen molar-refractivity contribution in [2.75, 3.05) is 6.61 Å². The van der Waals surface area contributed by atoms with Gasteiger partial charge in [-0.05, 0) is 25.3 Å². The maximum atomic E-state index is 13.0. The number of cyclic esters (lactones) is 1. The molecule has 2 aromatic heterocycles. The van der Waals surface area contributed by atoms with Gasteiger partial charge in [-0.1, -0.05) is 25.6 Å². The first-order valence-corrected chi connectivity index (χ1v) is 9.42. The van der Waals surface area contributed by atoms with Crippen LogP contribution in [0.3, 0.4) is 0 Å². The van der Waals surface area contributed by atoms with E-state index >= 15 is 0 Å². The number of rotatable bonds is 4. The van der Waals surface area contributed by atoms with Crippen LogP contribution in [-0.4, -0.2) is 27.4 Å². The molecule has 7 heteroatoms. The highest BCUT2D eigenvalue weighted by atomic mass is 32.2. The van der Waals surface area contributed by atoms with Gasteiger partial charge in [-0.2, -0.15) is 0 Å². The molecule has 0 amide bonds. The smallest absolute Gasteiger partial charge is 0.319 e. The van der Waals surface area contributed by atoms with Gasteiger partial charge in [0.2, 0.25) is 0 Å². The van der Waals surface area contributed by atoms with E-state index in [1.807, 2.05) is 13.8 Å². The number of esters is 1. The number of nitrogens with zero attached hydrogens (tertiary/aromatic N) is 2. The van der Waals surface area contributed by atoms with Crippen LogP contribution in [0.5, 0.6) is 0 Å². The highest BCUT2D eigenvalue weighted by Gasteiger charge is 2.30. The predicted molar refractivity (Wildman–Crippen MR) is 93.4 cm³/mol. The van der Waals surface area contributed by atoms with Gasteiger partial charge in [-0.3, -0.25) is 14.2 Å². The molecule has 3 heterocycles.